The predicted molar refractivity (Wildman–Crippen MR) is 118 cm³/mol. The van der Waals surface area contributed by atoms with Crippen LogP contribution >= 0.6 is 0 Å². The van der Waals surface area contributed by atoms with Crippen LogP contribution in [0, 0.1) is 0 Å². The maximum absolute atomic E-state index is 13.3. The summed E-state index contributed by atoms with van der Waals surface area (Å²) < 4.78 is 5.69. The molecule has 0 unspecified atom stereocenters. The van der Waals surface area contributed by atoms with Gasteiger partial charge in [-0.3, -0.25) is 9.69 Å². The molecule has 1 aliphatic heterocycles. The molecule has 1 aliphatic carbocycles. The highest BCUT2D eigenvalue weighted by Crippen LogP contribution is 2.39. The van der Waals surface area contributed by atoms with Crippen LogP contribution in [0.4, 0.5) is 4.79 Å². The molecule has 4 rings (SSSR count). The third-order valence-corrected chi connectivity index (χ3v) is 6.21. The number of rotatable bonds is 5. The summed E-state index contributed by atoms with van der Waals surface area (Å²) in [6, 6.07) is 15.0. The van der Waals surface area contributed by atoms with E-state index in [1.165, 1.54) is 5.56 Å². The molecule has 0 aromatic heterocycles. The van der Waals surface area contributed by atoms with Crippen molar-refractivity contribution in [2.45, 2.75) is 57.1 Å². The number of fused-ring (bicyclic) bond motifs is 2. The fourth-order valence-corrected chi connectivity index (χ4v) is 4.48. The molecular weight excluding hydrogens is 392 g/mol. The standard InChI is InChI=1S/C25H30N2O4/c1-24(2,3)18-10-12-20(13-11-18)31-16-19(28)15-27-22(29)25(26-23(27)30)14-6-8-17-7-4-5-9-21(17)25/h4-5,7,9-13,19,28H,6,8,14-16H2,1-3H3,(H,26,30)/t19-,25+/m0/s1. The minimum absolute atomic E-state index is 0.00445. The maximum atomic E-state index is 13.3. The van der Waals surface area contributed by atoms with Gasteiger partial charge in [0.2, 0.25) is 0 Å². The molecule has 6 nitrogen and oxygen atoms in total. The molecule has 1 fully saturated rings. The van der Waals surface area contributed by atoms with Crippen LogP contribution in [0.5, 0.6) is 5.75 Å². The van der Waals surface area contributed by atoms with Crippen LogP contribution in [0.15, 0.2) is 48.5 Å². The molecule has 2 N–H and O–H groups in total. The Morgan fingerprint density at radius 1 is 1.13 bits per heavy atom. The Hall–Kier alpha value is -2.86. The summed E-state index contributed by atoms with van der Waals surface area (Å²) in [6.45, 7) is 6.32. The first-order chi connectivity index (χ1) is 14.7. The highest BCUT2D eigenvalue weighted by atomic mass is 16.5. The number of carbonyl (C=O) groups excluding carboxylic acids is 2. The molecular formula is C25H30N2O4. The summed E-state index contributed by atoms with van der Waals surface area (Å²) in [5.41, 5.74) is 2.18. The number of aliphatic hydroxyl groups excluding tert-OH is 1. The minimum Gasteiger partial charge on any atom is -0.491 e. The third kappa shape index (κ3) is 4.04. The van der Waals surface area contributed by atoms with Gasteiger partial charge in [-0.05, 0) is 53.5 Å². The van der Waals surface area contributed by atoms with Gasteiger partial charge in [-0.15, -0.1) is 0 Å². The van der Waals surface area contributed by atoms with Gasteiger partial charge in [-0.1, -0.05) is 57.2 Å². The van der Waals surface area contributed by atoms with Crippen LogP contribution in [0.25, 0.3) is 0 Å². The van der Waals surface area contributed by atoms with Crippen molar-refractivity contribution in [2.75, 3.05) is 13.2 Å². The molecule has 2 aromatic rings. The summed E-state index contributed by atoms with van der Waals surface area (Å²) in [6.07, 6.45) is 1.31. The number of nitrogens with one attached hydrogen (secondary N) is 1. The summed E-state index contributed by atoms with van der Waals surface area (Å²) in [5, 5.41) is 13.4. The number of carbonyl (C=O) groups is 2. The van der Waals surface area contributed by atoms with Crippen LogP contribution < -0.4 is 10.1 Å². The number of imide groups is 1. The predicted octanol–water partition coefficient (Wildman–Crippen LogP) is 3.51. The Kier molecular flexibility index (Phi) is 5.52. The highest BCUT2D eigenvalue weighted by Gasteiger charge is 2.54. The fourth-order valence-electron chi connectivity index (χ4n) is 4.48. The lowest BCUT2D eigenvalue weighted by Crippen LogP contribution is -2.47. The zero-order valence-corrected chi connectivity index (χ0v) is 18.4. The summed E-state index contributed by atoms with van der Waals surface area (Å²) in [5.74, 6) is 0.347. The van der Waals surface area contributed by atoms with Crippen molar-refractivity contribution in [3.05, 3.63) is 65.2 Å². The molecule has 1 heterocycles. The van der Waals surface area contributed by atoms with Crippen LogP contribution in [0.2, 0.25) is 0 Å². The molecule has 0 bridgehead atoms. The Labute approximate surface area is 183 Å². The van der Waals surface area contributed by atoms with Gasteiger partial charge >= 0.3 is 6.03 Å². The SMILES string of the molecule is CC(C)(C)c1ccc(OC[C@@H](O)CN2C(=O)N[C@@]3(CCCc4ccccc43)C2=O)cc1. The van der Waals surface area contributed by atoms with Gasteiger partial charge in [-0.25, -0.2) is 4.79 Å². The summed E-state index contributed by atoms with van der Waals surface area (Å²) in [7, 11) is 0. The molecule has 31 heavy (non-hydrogen) atoms. The molecule has 2 atom stereocenters. The number of aliphatic hydroxyl groups is 1. The number of β-amino-alcohol motifs (C(OH)–C–C–N with tert-alkyl or cyclic N) is 1. The van der Waals surface area contributed by atoms with Crippen molar-refractivity contribution in [3.8, 4) is 5.75 Å². The zero-order valence-electron chi connectivity index (χ0n) is 18.4. The first-order valence-electron chi connectivity index (χ1n) is 10.8. The topological polar surface area (TPSA) is 78.9 Å². The number of amides is 3. The van der Waals surface area contributed by atoms with Gasteiger partial charge < -0.3 is 15.2 Å². The smallest absolute Gasteiger partial charge is 0.325 e. The average molecular weight is 423 g/mol. The maximum Gasteiger partial charge on any atom is 0.325 e. The second kappa shape index (κ2) is 8.00. The third-order valence-electron chi connectivity index (χ3n) is 6.21. The van der Waals surface area contributed by atoms with Crippen molar-refractivity contribution in [3.63, 3.8) is 0 Å². The lowest BCUT2D eigenvalue weighted by Gasteiger charge is -2.33. The van der Waals surface area contributed by atoms with E-state index >= 15 is 0 Å². The molecule has 1 saturated heterocycles. The van der Waals surface area contributed by atoms with Crippen molar-refractivity contribution >= 4 is 11.9 Å². The lowest BCUT2D eigenvalue weighted by atomic mass is 9.76. The van der Waals surface area contributed by atoms with E-state index in [9.17, 15) is 14.7 Å². The number of aryl methyl sites for hydroxylation is 1. The molecule has 0 saturated carbocycles. The molecule has 1 spiro atoms. The average Bonchev–Trinajstić information content (AvgIpc) is 2.97. The largest absolute Gasteiger partial charge is 0.491 e. The van der Waals surface area contributed by atoms with Crippen LogP contribution in [-0.4, -0.2) is 41.2 Å². The Bertz CT molecular complexity index is 980. The number of benzene rings is 2. The van der Waals surface area contributed by atoms with Gasteiger partial charge in [0, 0.05) is 0 Å². The quantitative estimate of drug-likeness (QED) is 0.723. The van der Waals surface area contributed by atoms with E-state index in [0.717, 1.165) is 28.9 Å². The molecule has 0 radical (unpaired) electrons. The normalized spacial score (nSPS) is 21.7. The van der Waals surface area contributed by atoms with Crippen LogP contribution in [0.1, 0.15) is 50.3 Å². The molecule has 6 heteroatoms. The van der Waals surface area contributed by atoms with Crippen molar-refractivity contribution < 1.29 is 19.4 Å². The molecule has 2 aliphatic rings. The molecule has 3 amide bonds. The van der Waals surface area contributed by atoms with Gasteiger partial charge in [0.1, 0.15) is 24.0 Å². The number of ether oxygens (including phenoxy) is 1. The van der Waals surface area contributed by atoms with E-state index in [1.807, 2.05) is 48.5 Å². The Morgan fingerprint density at radius 2 is 1.84 bits per heavy atom. The van der Waals surface area contributed by atoms with E-state index in [2.05, 4.69) is 26.1 Å². The second-order valence-electron chi connectivity index (χ2n) is 9.50. The Morgan fingerprint density at radius 3 is 2.55 bits per heavy atom. The second-order valence-corrected chi connectivity index (χ2v) is 9.50. The van der Waals surface area contributed by atoms with E-state index in [1.54, 1.807) is 0 Å². The van der Waals surface area contributed by atoms with E-state index < -0.39 is 17.7 Å². The fraction of sp³-hybridized carbons (Fsp3) is 0.440. The first-order valence-corrected chi connectivity index (χ1v) is 10.8. The van der Waals surface area contributed by atoms with E-state index in [0.29, 0.717) is 12.2 Å². The molecule has 164 valence electrons. The minimum atomic E-state index is -1.02. The highest BCUT2D eigenvalue weighted by molar-refractivity contribution is 6.07. The van der Waals surface area contributed by atoms with Crippen molar-refractivity contribution in [1.29, 1.82) is 0 Å². The van der Waals surface area contributed by atoms with E-state index in [4.69, 9.17) is 4.74 Å². The number of nitrogens with zero attached hydrogens (tertiary/aromatic N) is 1. The summed E-state index contributed by atoms with van der Waals surface area (Å²) in [4.78, 5) is 27.1. The summed E-state index contributed by atoms with van der Waals surface area (Å²) >= 11 is 0. The zero-order chi connectivity index (χ0) is 22.2. The number of hydrogen-bond acceptors (Lipinski definition) is 4. The van der Waals surface area contributed by atoms with Gasteiger partial charge in [0.15, 0.2) is 0 Å². The van der Waals surface area contributed by atoms with Gasteiger partial charge in [-0.2, -0.15) is 0 Å². The van der Waals surface area contributed by atoms with Crippen molar-refractivity contribution in [1.82, 2.24) is 10.2 Å². The van der Waals surface area contributed by atoms with Crippen molar-refractivity contribution in [2.24, 2.45) is 0 Å². The Balaban J connectivity index is 1.41. The number of urea groups is 1. The lowest BCUT2D eigenvalue weighted by molar-refractivity contribution is -0.133. The molecule has 2 aromatic carbocycles. The monoisotopic (exact) mass is 422 g/mol. The van der Waals surface area contributed by atoms with E-state index in [-0.39, 0.29) is 24.5 Å². The van der Waals surface area contributed by atoms with Gasteiger partial charge in [0.25, 0.3) is 5.91 Å². The van der Waals surface area contributed by atoms with Crippen LogP contribution in [0.3, 0.4) is 0 Å². The van der Waals surface area contributed by atoms with Gasteiger partial charge in [0.05, 0.1) is 6.54 Å². The van der Waals surface area contributed by atoms with Crippen LogP contribution in [-0.2, 0) is 22.2 Å². The first kappa shape index (κ1) is 21.4. The number of hydrogen-bond donors (Lipinski definition) is 2.